The van der Waals surface area contributed by atoms with Crippen LogP contribution in [0.3, 0.4) is 0 Å². The monoisotopic (exact) mass is 198 g/mol. The molecule has 0 amide bonds. The summed E-state index contributed by atoms with van der Waals surface area (Å²) < 4.78 is 0. The zero-order valence-electron chi connectivity index (χ0n) is 11.4. The summed E-state index contributed by atoms with van der Waals surface area (Å²) >= 11 is 0. The smallest absolute Gasteiger partial charge is 0.0295 e. The quantitative estimate of drug-likeness (QED) is 0.555. The van der Waals surface area contributed by atoms with Crippen LogP contribution in [0.15, 0.2) is 0 Å². The highest BCUT2D eigenvalue weighted by molar-refractivity contribution is 4.84. The molecule has 0 rings (SSSR count). The van der Waals surface area contributed by atoms with E-state index in [-0.39, 0.29) is 0 Å². The van der Waals surface area contributed by atoms with Crippen LogP contribution in [-0.2, 0) is 0 Å². The van der Waals surface area contributed by atoms with Gasteiger partial charge in [0.2, 0.25) is 0 Å². The standard InChI is InChI=1S/C14H30/c1-8-10-14(7,9-2)13(11(3)4)12(5)6/h11-13H,8-10H2,1-7H3. The van der Waals surface area contributed by atoms with Crippen LogP contribution in [-0.4, -0.2) is 0 Å². The van der Waals surface area contributed by atoms with Crippen LogP contribution < -0.4 is 0 Å². The number of hydrogen-bond acceptors (Lipinski definition) is 0. The van der Waals surface area contributed by atoms with Gasteiger partial charge in [-0.1, -0.05) is 61.3 Å². The summed E-state index contributed by atoms with van der Waals surface area (Å²) in [6.45, 7) is 16.7. The highest BCUT2D eigenvalue weighted by Gasteiger charge is 2.35. The Kier molecular flexibility index (Phi) is 5.78. The Balaban J connectivity index is 4.73. The minimum atomic E-state index is 0.553. The lowest BCUT2D eigenvalue weighted by atomic mass is 9.63. The maximum Gasteiger partial charge on any atom is -0.0295 e. The van der Waals surface area contributed by atoms with Gasteiger partial charge in [0.25, 0.3) is 0 Å². The van der Waals surface area contributed by atoms with Gasteiger partial charge in [0.1, 0.15) is 0 Å². The molecule has 0 aliphatic heterocycles. The van der Waals surface area contributed by atoms with Crippen LogP contribution in [0.25, 0.3) is 0 Å². The predicted molar refractivity (Wildman–Crippen MR) is 66.5 cm³/mol. The molecule has 1 atom stereocenters. The van der Waals surface area contributed by atoms with Gasteiger partial charge in [0, 0.05) is 0 Å². The Bertz CT molecular complexity index is 138. The Morgan fingerprint density at radius 2 is 1.36 bits per heavy atom. The van der Waals surface area contributed by atoms with E-state index in [1.165, 1.54) is 19.3 Å². The molecule has 0 saturated carbocycles. The van der Waals surface area contributed by atoms with Crippen molar-refractivity contribution in [2.75, 3.05) is 0 Å². The molecule has 0 fully saturated rings. The first kappa shape index (κ1) is 14.0. The van der Waals surface area contributed by atoms with E-state index in [0.717, 1.165) is 17.8 Å². The van der Waals surface area contributed by atoms with E-state index in [1.807, 2.05) is 0 Å². The molecule has 0 N–H and O–H groups in total. The van der Waals surface area contributed by atoms with E-state index in [4.69, 9.17) is 0 Å². The first-order valence-electron chi connectivity index (χ1n) is 6.39. The third-order valence-electron chi connectivity index (χ3n) is 3.87. The van der Waals surface area contributed by atoms with Crippen LogP contribution in [0.5, 0.6) is 0 Å². The van der Waals surface area contributed by atoms with Crippen molar-refractivity contribution >= 4 is 0 Å². The lowest BCUT2D eigenvalue weighted by Crippen LogP contribution is -2.34. The van der Waals surface area contributed by atoms with Crippen LogP contribution in [0, 0.1) is 23.2 Å². The van der Waals surface area contributed by atoms with E-state index in [0.29, 0.717) is 5.41 Å². The second-order valence-corrected chi connectivity index (χ2v) is 5.77. The molecule has 0 nitrogen and oxygen atoms in total. The average Bonchev–Trinajstić information content (AvgIpc) is 2.03. The summed E-state index contributed by atoms with van der Waals surface area (Å²) in [6, 6.07) is 0. The average molecular weight is 198 g/mol. The first-order valence-corrected chi connectivity index (χ1v) is 6.39. The minimum Gasteiger partial charge on any atom is -0.0654 e. The molecule has 0 aromatic heterocycles. The van der Waals surface area contributed by atoms with Gasteiger partial charge in [-0.15, -0.1) is 0 Å². The van der Waals surface area contributed by atoms with Crippen LogP contribution in [0.2, 0.25) is 0 Å². The minimum absolute atomic E-state index is 0.553. The highest BCUT2D eigenvalue weighted by Crippen LogP contribution is 2.44. The molecule has 1 unspecified atom stereocenters. The molecule has 0 aromatic carbocycles. The Hall–Kier alpha value is 0. The summed E-state index contributed by atoms with van der Waals surface area (Å²) in [6.07, 6.45) is 4.02. The van der Waals surface area contributed by atoms with Crippen molar-refractivity contribution in [2.45, 2.75) is 67.7 Å². The summed E-state index contributed by atoms with van der Waals surface area (Å²) in [5.41, 5.74) is 0.553. The zero-order valence-corrected chi connectivity index (χ0v) is 11.4. The fourth-order valence-corrected chi connectivity index (χ4v) is 3.53. The summed E-state index contributed by atoms with van der Waals surface area (Å²) in [5, 5.41) is 0. The Morgan fingerprint density at radius 3 is 1.57 bits per heavy atom. The fourth-order valence-electron chi connectivity index (χ4n) is 3.53. The van der Waals surface area contributed by atoms with Crippen LogP contribution in [0.1, 0.15) is 67.7 Å². The van der Waals surface area contributed by atoms with Crippen molar-refractivity contribution in [1.82, 2.24) is 0 Å². The lowest BCUT2D eigenvalue weighted by molar-refractivity contribution is 0.0723. The van der Waals surface area contributed by atoms with Crippen molar-refractivity contribution in [3.63, 3.8) is 0 Å². The largest absolute Gasteiger partial charge is 0.0654 e. The van der Waals surface area contributed by atoms with E-state index >= 15 is 0 Å². The summed E-state index contributed by atoms with van der Waals surface area (Å²) in [7, 11) is 0. The summed E-state index contributed by atoms with van der Waals surface area (Å²) in [4.78, 5) is 0. The van der Waals surface area contributed by atoms with Gasteiger partial charge < -0.3 is 0 Å². The third-order valence-corrected chi connectivity index (χ3v) is 3.87. The molecule has 0 heterocycles. The second-order valence-electron chi connectivity index (χ2n) is 5.77. The molecule has 0 heteroatoms. The van der Waals surface area contributed by atoms with E-state index < -0.39 is 0 Å². The molecule has 14 heavy (non-hydrogen) atoms. The van der Waals surface area contributed by atoms with Gasteiger partial charge in [-0.25, -0.2) is 0 Å². The van der Waals surface area contributed by atoms with Gasteiger partial charge >= 0.3 is 0 Å². The van der Waals surface area contributed by atoms with E-state index in [9.17, 15) is 0 Å². The first-order chi connectivity index (χ1) is 6.39. The van der Waals surface area contributed by atoms with Gasteiger partial charge in [-0.3, -0.25) is 0 Å². The van der Waals surface area contributed by atoms with Crippen molar-refractivity contribution in [1.29, 1.82) is 0 Å². The molecular weight excluding hydrogens is 168 g/mol. The SMILES string of the molecule is CCCC(C)(CC)C(C(C)C)C(C)C. The van der Waals surface area contributed by atoms with Gasteiger partial charge in [-0.2, -0.15) is 0 Å². The second kappa shape index (κ2) is 5.78. The van der Waals surface area contributed by atoms with Gasteiger partial charge in [-0.05, 0) is 29.6 Å². The molecule has 86 valence electrons. The Labute approximate surface area is 91.5 Å². The van der Waals surface area contributed by atoms with Crippen molar-refractivity contribution in [3.8, 4) is 0 Å². The predicted octanol–water partition coefficient (Wildman–Crippen LogP) is 5.13. The lowest BCUT2D eigenvalue weighted by Gasteiger charge is -2.42. The van der Waals surface area contributed by atoms with E-state index in [2.05, 4.69) is 48.5 Å². The maximum absolute atomic E-state index is 2.49. The van der Waals surface area contributed by atoms with Crippen molar-refractivity contribution in [2.24, 2.45) is 23.2 Å². The van der Waals surface area contributed by atoms with Crippen molar-refractivity contribution < 1.29 is 0 Å². The summed E-state index contributed by atoms with van der Waals surface area (Å²) in [5.74, 6) is 2.49. The van der Waals surface area contributed by atoms with E-state index in [1.54, 1.807) is 0 Å². The number of rotatable bonds is 6. The molecule has 0 aromatic rings. The zero-order chi connectivity index (χ0) is 11.4. The normalized spacial score (nSPS) is 16.7. The third kappa shape index (κ3) is 3.29. The molecule has 0 aliphatic rings. The topological polar surface area (TPSA) is 0 Å². The molecule has 0 aliphatic carbocycles. The molecule has 0 spiro atoms. The molecule has 0 radical (unpaired) electrons. The van der Waals surface area contributed by atoms with Gasteiger partial charge in [0.15, 0.2) is 0 Å². The van der Waals surface area contributed by atoms with Crippen molar-refractivity contribution in [3.05, 3.63) is 0 Å². The van der Waals surface area contributed by atoms with Crippen LogP contribution in [0.4, 0.5) is 0 Å². The molecule has 0 bridgehead atoms. The maximum atomic E-state index is 2.49. The molecular formula is C14H30. The highest BCUT2D eigenvalue weighted by atomic mass is 14.4. The number of hydrogen-bond donors (Lipinski definition) is 0. The van der Waals surface area contributed by atoms with Crippen LogP contribution >= 0.6 is 0 Å². The van der Waals surface area contributed by atoms with Gasteiger partial charge in [0.05, 0.1) is 0 Å². The fraction of sp³-hybridized carbons (Fsp3) is 1.00. The Morgan fingerprint density at radius 1 is 0.929 bits per heavy atom. The molecule has 0 saturated heterocycles.